The Bertz CT molecular complexity index is 387. The molecule has 0 bridgehead atoms. The van der Waals surface area contributed by atoms with Crippen LogP contribution in [0.5, 0.6) is 0 Å². The highest BCUT2D eigenvalue weighted by molar-refractivity contribution is 6.35. The Morgan fingerprint density at radius 2 is 1.81 bits per heavy atom. The van der Waals surface area contributed by atoms with Crippen LogP contribution < -0.4 is 10.6 Å². The lowest BCUT2D eigenvalue weighted by Crippen LogP contribution is -2.45. The Balaban J connectivity index is 2.26. The van der Waals surface area contributed by atoms with E-state index < -0.39 is 0 Å². The van der Waals surface area contributed by atoms with Crippen LogP contribution in [-0.4, -0.2) is 48.1 Å². The summed E-state index contributed by atoms with van der Waals surface area (Å²) < 4.78 is 0. The lowest BCUT2D eigenvalue weighted by atomic mass is 10.3. The first-order chi connectivity index (χ1) is 7.58. The Kier molecular flexibility index (Phi) is 3.16. The minimum atomic E-state index is 0.364. The molecule has 2 N–H and O–H groups in total. The monoisotopic (exact) mass is 241 g/mol. The molecule has 0 aliphatic carbocycles. The number of piperazine rings is 1. The number of halogens is 1. The second-order valence-corrected chi connectivity index (χ2v) is 4.46. The number of likely N-dealkylation sites (N-methyl/N-ethyl adjacent to an activating group) is 1. The maximum atomic E-state index is 6.13. The van der Waals surface area contributed by atoms with Gasteiger partial charge >= 0.3 is 0 Å². The number of rotatable bonds is 1. The summed E-state index contributed by atoms with van der Waals surface area (Å²) in [4.78, 5) is 12.8. The smallest absolute Gasteiger partial charge is 0.153 e. The number of hydrogen-bond acceptors (Lipinski definition) is 5. The SMILES string of the molecule is Cc1nc(N)c(Cl)c(N2CCN(C)CC2)n1. The van der Waals surface area contributed by atoms with Gasteiger partial charge in [-0.25, -0.2) is 9.97 Å². The Morgan fingerprint density at radius 3 is 2.44 bits per heavy atom. The molecular weight excluding hydrogens is 226 g/mol. The van der Waals surface area contributed by atoms with Crippen LogP contribution in [0.4, 0.5) is 11.6 Å². The maximum absolute atomic E-state index is 6.13. The molecule has 1 aliphatic heterocycles. The molecule has 1 aromatic rings. The van der Waals surface area contributed by atoms with Crippen molar-refractivity contribution in [2.24, 2.45) is 0 Å². The van der Waals surface area contributed by atoms with Crippen LogP contribution in [0, 0.1) is 6.92 Å². The molecule has 1 aliphatic rings. The summed E-state index contributed by atoms with van der Waals surface area (Å²) >= 11 is 6.13. The molecule has 16 heavy (non-hydrogen) atoms. The second kappa shape index (κ2) is 4.43. The average molecular weight is 242 g/mol. The first-order valence-corrected chi connectivity index (χ1v) is 5.69. The Hall–Kier alpha value is -1.07. The maximum Gasteiger partial charge on any atom is 0.153 e. The number of nitrogens with zero attached hydrogens (tertiary/aromatic N) is 4. The van der Waals surface area contributed by atoms with E-state index >= 15 is 0 Å². The molecule has 88 valence electrons. The molecule has 1 aromatic heterocycles. The molecular formula is C10H16ClN5. The quantitative estimate of drug-likeness (QED) is 0.787. The van der Waals surface area contributed by atoms with Gasteiger partial charge in [-0.05, 0) is 14.0 Å². The van der Waals surface area contributed by atoms with Crippen molar-refractivity contribution < 1.29 is 0 Å². The highest BCUT2D eigenvalue weighted by Gasteiger charge is 2.19. The molecule has 1 fully saturated rings. The van der Waals surface area contributed by atoms with E-state index in [1.807, 2.05) is 6.92 Å². The summed E-state index contributed by atoms with van der Waals surface area (Å²) in [5, 5.41) is 0.468. The van der Waals surface area contributed by atoms with E-state index in [1.165, 1.54) is 0 Å². The van der Waals surface area contributed by atoms with Crippen molar-refractivity contribution in [3.63, 3.8) is 0 Å². The number of nitrogens with two attached hydrogens (primary N) is 1. The highest BCUT2D eigenvalue weighted by Crippen LogP contribution is 2.28. The summed E-state index contributed by atoms with van der Waals surface area (Å²) in [6, 6.07) is 0. The van der Waals surface area contributed by atoms with Gasteiger partial charge in [0.15, 0.2) is 5.82 Å². The normalized spacial score (nSPS) is 17.8. The van der Waals surface area contributed by atoms with Crippen LogP contribution in [0.15, 0.2) is 0 Å². The van der Waals surface area contributed by atoms with Crippen LogP contribution in [0.2, 0.25) is 5.02 Å². The van der Waals surface area contributed by atoms with Crippen molar-refractivity contribution >= 4 is 23.2 Å². The van der Waals surface area contributed by atoms with Crippen molar-refractivity contribution in [1.29, 1.82) is 0 Å². The summed E-state index contributed by atoms with van der Waals surface area (Å²) in [6.07, 6.45) is 0. The van der Waals surface area contributed by atoms with E-state index in [-0.39, 0.29) is 0 Å². The van der Waals surface area contributed by atoms with Crippen molar-refractivity contribution in [3.8, 4) is 0 Å². The van der Waals surface area contributed by atoms with Gasteiger partial charge in [0.2, 0.25) is 0 Å². The van der Waals surface area contributed by atoms with E-state index in [0.29, 0.717) is 16.7 Å². The summed E-state index contributed by atoms with van der Waals surface area (Å²) in [5.41, 5.74) is 5.74. The van der Waals surface area contributed by atoms with Crippen molar-refractivity contribution in [1.82, 2.24) is 14.9 Å². The lowest BCUT2D eigenvalue weighted by molar-refractivity contribution is 0.312. The summed E-state index contributed by atoms with van der Waals surface area (Å²) in [5.74, 6) is 1.79. The summed E-state index contributed by atoms with van der Waals surface area (Å²) in [7, 11) is 2.11. The predicted octanol–water partition coefficient (Wildman–Crippen LogP) is 0.772. The molecule has 5 nitrogen and oxygen atoms in total. The molecule has 0 aromatic carbocycles. The Morgan fingerprint density at radius 1 is 1.19 bits per heavy atom. The third kappa shape index (κ3) is 2.20. The molecule has 0 saturated carbocycles. The number of aromatic nitrogens is 2. The average Bonchev–Trinajstić information content (AvgIpc) is 2.25. The molecule has 0 spiro atoms. The van der Waals surface area contributed by atoms with Crippen LogP contribution in [0.1, 0.15) is 5.82 Å². The van der Waals surface area contributed by atoms with Gasteiger partial charge in [0, 0.05) is 26.2 Å². The van der Waals surface area contributed by atoms with Gasteiger partial charge in [0.05, 0.1) is 0 Å². The summed E-state index contributed by atoms with van der Waals surface area (Å²) in [6.45, 7) is 5.70. The van der Waals surface area contributed by atoms with Gasteiger partial charge in [-0.15, -0.1) is 0 Å². The third-order valence-electron chi connectivity index (χ3n) is 2.77. The van der Waals surface area contributed by atoms with Crippen molar-refractivity contribution in [2.75, 3.05) is 43.9 Å². The van der Waals surface area contributed by atoms with Gasteiger partial charge < -0.3 is 15.5 Å². The predicted molar refractivity (Wildman–Crippen MR) is 65.9 cm³/mol. The molecule has 1 saturated heterocycles. The van der Waals surface area contributed by atoms with Crippen LogP contribution in [0.25, 0.3) is 0 Å². The van der Waals surface area contributed by atoms with Gasteiger partial charge in [-0.3, -0.25) is 0 Å². The number of anilines is 2. The van der Waals surface area contributed by atoms with Gasteiger partial charge in [0.1, 0.15) is 16.7 Å². The molecule has 2 rings (SSSR count). The fourth-order valence-electron chi connectivity index (χ4n) is 1.79. The van der Waals surface area contributed by atoms with Crippen LogP contribution in [-0.2, 0) is 0 Å². The number of nitrogen functional groups attached to an aromatic ring is 1. The van der Waals surface area contributed by atoms with Crippen molar-refractivity contribution in [3.05, 3.63) is 10.8 Å². The molecule has 0 amide bonds. The zero-order valence-electron chi connectivity index (χ0n) is 9.57. The van der Waals surface area contributed by atoms with Crippen molar-refractivity contribution in [2.45, 2.75) is 6.92 Å². The minimum absolute atomic E-state index is 0.364. The first kappa shape index (κ1) is 11.4. The Labute approximate surface area is 100 Å². The molecule has 0 unspecified atom stereocenters. The lowest BCUT2D eigenvalue weighted by Gasteiger charge is -2.33. The van der Waals surface area contributed by atoms with E-state index in [4.69, 9.17) is 17.3 Å². The molecule has 6 heteroatoms. The molecule has 0 atom stereocenters. The fraction of sp³-hybridized carbons (Fsp3) is 0.600. The van der Waals surface area contributed by atoms with Gasteiger partial charge in [-0.1, -0.05) is 11.6 Å². The van der Waals surface area contributed by atoms with E-state index in [2.05, 4.69) is 26.8 Å². The first-order valence-electron chi connectivity index (χ1n) is 5.31. The van der Waals surface area contributed by atoms with Gasteiger partial charge in [-0.2, -0.15) is 0 Å². The van der Waals surface area contributed by atoms with Crippen LogP contribution in [0.3, 0.4) is 0 Å². The van der Waals surface area contributed by atoms with E-state index in [0.717, 1.165) is 32.0 Å². The molecule has 0 radical (unpaired) electrons. The highest BCUT2D eigenvalue weighted by atomic mass is 35.5. The fourth-order valence-corrected chi connectivity index (χ4v) is 2.00. The van der Waals surface area contributed by atoms with E-state index in [9.17, 15) is 0 Å². The minimum Gasteiger partial charge on any atom is -0.382 e. The number of hydrogen-bond donors (Lipinski definition) is 1. The largest absolute Gasteiger partial charge is 0.382 e. The topological polar surface area (TPSA) is 58.3 Å². The second-order valence-electron chi connectivity index (χ2n) is 4.08. The number of aryl methyl sites for hydroxylation is 1. The zero-order valence-corrected chi connectivity index (χ0v) is 10.3. The van der Waals surface area contributed by atoms with E-state index in [1.54, 1.807) is 0 Å². The zero-order chi connectivity index (χ0) is 11.7. The van der Waals surface area contributed by atoms with Gasteiger partial charge in [0.25, 0.3) is 0 Å². The standard InChI is InChI=1S/C10H16ClN5/c1-7-13-9(12)8(11)10(14-7)16-5-3-15(2)4-6-16/h3-6H2,1-2H3,(H2,12,13,14). The van der Waals surface area contributed by atoms with Crippen LogP contribution >= 0.6 is 11.6 Å². The third-order valence-corrected chi connectivity index (χ3v) is 3.14. The molecule has 2 heterocycles.